The van der Waals surface area contributed by atoms with Gasteiger partial charge in [0.15, 0.2) is 0 Å². The van der Waals surface area contributed by atoms with Crippen molar-refractivity contribution in [2.45, 2.75) is 174 Å². The molecule has 0 amide bonds. The van der Waals surface area contributed by atoms with Crippen molar-refractivity contribution in [3.05, 3.63) is 30.3 Å². The fourth-order valence-electron chi connectivity index (χ4n) is 5.26. The van der Waals surface area contributed by atoms with Gasteiger partial charge in [0.25, 0.3) is 0 Å². The highest BCUT2D eigenvalue weighted by Gasteiger charge is 2.11. The van der Waals surface area contributed by atoms with Crippen LogP contribution in [0.25, 0.3) is 0 Å². The molecule has 0 aliphatic carbocycles. The summed E-state index contributed by atoms with van der Waals surface area (Å²) in [5.74, 6) is 0.517. The van der Waals surface area contributed by atoms with Crippen LogP contribution in [-0.4, -0.2) is 14.2 Å². The smallest absolute Gasteiger partial charge is 0.309 e. The Morgan fingerprint density at radius 3 is 1.05 bits per heavy atom. The maximum absolute atomic E-state index is 12.0. The highest BCUT2D eigenvalue weighted by atomic mass is 32.2. The maximum atomic E-state index is 12.0. The molecule has 0 aliphatic rings. The summed E-state index contributed by atoms with van der Waals surface area (Å²) >= 11 is 0. The van der Waals surface area contributed by atoms with Crippen molar-refractivity contribution in [1.82, 2.24) is 0 Å². The summed E-state index contributed by atoms with van der Waals surface area (Å²) < 4.78 is 29.2. The number of hydrogen-bond donors (Lipinski definition) is 0. The molecule has 0 radical (unpaired) electrons. The van der Waals surface area contributed by atoms with Crippen molar-refractivity contribution in [3.8, 4) is 5.75 Å². The second-order valence-electron chi connectivity index (χ2n) is 11.5. The predicted molar refractivity (Wildman–Crippen MR) is 167 cm³/mol. The van der Waals surface area contributed by atoms with Crippen LogP contribution in [0.2, 0.25) is 0 Å². The monoisotopic (exact) mass is 550 g/mol. The fraction of sp³-hybridized carbons (Fsp3) is 0.824. The lowest BCUT2D eigenvalue weighted by atomic mass is 10.0. The highest BCUT2D eigenvalue weighted by molar-refractivity contribution is 7.87. The zero-order valence-electron chi connectivity index (χ0n) is 25.1. The molecule has 222 valence electrons. The molecule has 0 saturated heterocycles. The SMILES string of the molecule is CCCCCCCCCCCCCCCCCCCCCCCCCCCCS(=O)(=O)Oc1ccccc1. The average molecular weight is 551 g/mol. The summed E-state index contributed by atoms with van der Waals surface area (Å²) in [6.07, 6.45) is 35.3. The van der Waals surface area contributed by atoms with Gasteiger partial charge >= 0.3 is 10.1 Å². The Kier molecular flexibility index (Phi) is 24.1. The predicted octanol–water partition coefficient (Wildman–Crippen LogP) is 11.6. The summed E-state index contributed by atoms with van der Waals surface area (Å²) in [4.78, 5) is 0. The van der Waals surface area contributed by atoms with Crippen molar-refractivity contribution in [1.29, 1.82) is 0 Å². The first kappa shape index (κ1) is 35.0. The zero-order valence-corrected chi connectivity index (χ0v) is 25.9. The Balaban J connectivity index is 1.71. The van der Waals surface area contributed by atoms with E-state index >= 15 is 0 Å². The molecule has 0 aromatic heterocycles. The summed E-state index contributed by atoms with van der Waals surface area (Å²) in [7, 11) is -3.46. The minimum Gasteiger partial charge on any atom is -0.382 e. The van der Waals surface area contributed by atoms with Crippen molar-refractivity contribution < 1.29 is 12.6 Å². The van der Waals surface area contributed by atoms with E-state index in [0.717, 1.165) is 12.8 Å². The third kappa shape index (κ3) is 24.0. The fourth-order valence-corrected chi connectivity index (χ4v) is 6.30. The molecule has 0 fully saturated rings. The number of unbranched alkanes of at least 4 members (excludes halogenated alkanes) is 25. The van der Waals surface area contributed by atoms with E-state index in [1.54, 1.807) is 24.3 Å². The number of hydrogen-bond acceptors (Lipinski definition) is 3. The molecule has 38 heavy (non-hydrogen) atoms. The van der Waals surface area contributed by atoms with Gasteiger partial charge in [0.05, 0.1) is 5.75 Å². The number of benzene rings is 1. The molecule has 0 aliphatic heterocycles. The zero-order chi connectivity index (χ0) is 27.4. The van der Waals surface area contributed by atoms with Crippen LogP contribution in [0.5, 0.6) is 5.75 Å². The average Bonchev–Trinajstić information content (AvgIpc) is 2.91. The Morgan fingerprint density at radius 2 is 0.737 bits per heavy atom. The Labute approximate surface area is 238 Å². The third-order valence-electron chi connectivity index (χ3n) is 7.71. The van der Waals surface area contributed by atoms with Crippen LogP contribution in [0.15, 0.2) is 30.3 Å². The van der Waals surface area contributed by atoms with Crippen LogP contribution >= 0.6 is 0 Å². The lowest BCUT2D eigenvalue weighted by Gasteiger charge is -2.07. The lowest BCUT2D eigenvalue weighted by Crippen LogP contribution is -2.13. The second kappa shape index (κ2) is 26.2. The van der Waals surface area contributed by atoms with Gasteiger partial charge in [-0.25, -0.2) is 0 Å². The highest BCUT2D eigenvalue weighted by Crippen LogP contribution is 2.17. The molecule has 0 bridgehead atoms. The van der Waals surface area contributed by atoms with Crippen LogP contribution in [0, 0.1) is 0 Å². The van der Waals surface area contributed by atoms with Gasteiger partial charge in [-0.15, -0.1) is 0 Å². The minimum absolute atomic E-state index is 0.112. The Hall–Kier alpha value is -1.03. The van der Waals surface area contributed by atoms with E-state index in [2.05, 4.69) is 6.92 Å². The summed E-state index contributed by atoms with van der Waals surface area (Å²) in [6, 6.07) is 8.78. The molecule has 0 saturated carbocycles. The summed E-state index contributed by atoms with van der Waals surface area (Å²) in [6.45, 7) is 2.29. The standard InChI is InChI=1S/C34H62O3S/c1-2-3-4-5-6-7-8-9-10-11-12-13-14-15-16-17-18-19-20-21-22-23-24-25-26-30-33-38(35,36)37-34-31-28-27-29-32-34/h27-29,31-32H,2-26,30,33H2,1H3. The van der Waals surface area contributed by atoms with Crippen LogP contribution in [-0.2, 0) is 10.1 Å². The molecule has 4 heteroatoms. The summed E-state index contributed by atoms with van der Waals surface area (Å²) in [5, 5.41) is 0. The first-order chi connectivity index (χ1) is 18.6. The van der Waals surface area contributed by atoms with E-state index in [-0.39, 0.29) is 5.75 Å². The van der Waals surface area contributed by atoms with Crippen LogP contribution in [0.3, 0.4) is 0 Å². The van der Waals surface area contributed by atoms with E-state index in [9.17, 15) is 8.42 Å². The molecule has 0 unspecified atom stereocenters. The van der Waals surface area contributed by atoms with Crippen molar-refractivity contribution in [3.63, 3.8) is 0 Å². The Morgan fingerprint density at radius 1 is 0.447 bits per heavy atom. The Bertz CT molecular complexity index is 702. The van der Waals surface area contributed by atoms with Crippen molar-refractivity contribution >= 4 is 10.1 Å². The maximum Gasteiger partial charge on any atom is 0.309 e. The molecule has 0 N–H and O–H groups in total. The minimum atomic E-state index is -3.46. The third-order valence-corrected chi connectivity index (χ3v) is 8.95. The first-order valence-electron chi connectivity index (χ1n) is 16.6. The molecule has 1 rings (SSSR count). The van der Waals surface area contributed by atoms with Gasteiger partial charge in [-0.1, -0.05) is 186 Å². The van der Waals surface area contributed by atoms with E-state index in [1.165, 1.54) is 148 Å². The molecule has 0 heterocycles. The number of para-hydroxylation sites is 1. The number of rotatable bonds is 29. The van der Waals surface area contributed by atoms with Gasteiger partial charge in [-0.3, -0.25) is 0 Å². The van der Waals surface area contributed by atoms with E-state index in [4.69, 9.17) is 4.18 Å². The quantitative estimate of drug-likeness (QED) is 0.0735. The van der Waals surface area contributed by atoms with Crippen LogP contribution in [0.4, 0.5) is 0 Å². The second-order valence-corrected chi connectivity index (χ2v) is 13.2. The van der Waals surface area contributed by atoms with Crippen LogP contribution in [0.1, 0.15) is 174 Å². The normalized spacial score (nSPS) is 11.7. The van der Waals surface area contributed by atoms with Gasteiger partial charge in [0.1, 0.15) is 5.75 Å². The molecule has 1 aromatic carbocycles. The molecule has 0 atom stereocenters. The molecule has 0 spiro atoms. The van der Waals surface area contributed by atoms with Crippen LogP contribution < -0.4 is 4.18 Å². The van der Waals surface area contributed by atoms with Gasteiger partial charge in [0, 0.05) is 0 Å². The summed E-state index contributed by atoms with van der Waals surface area (Å²) in [5.41, 5.74) is 0. The first-order valence-corrected chi connectivity index (χ1v) is 18.2. The van der Waals surface area contributed by atoms with E-state index in [1.807, 2.05) is 6.07 Å². The lowest BCUT2D eigenvalue weighted by molar-refractivity contribution is 0.481. The van der Waals surface area contributed by atoms with E-state index in [0.29, 0.717) is 12.2 Å². The van der Waals surface area contributed by atoms with Gasteiger partial charge in [-0.2, -0.15) is 8.42 Å². The molecular formula is C34H62O3S. The van der Waals surface area contributed by atoms with Crippen molar-refractivity contribution in [2.75, 3.05) is 5.75 Å². The van der Waals surface area contributed by atoms with Gasteiger partial charge < -0.3 is 4.18 Å². The largest absolute Gasteiger partial charge is 0.382 e. The van der Waals surface area contributed by atoms with Crippen molar-refractivity contribution in [2.24, 2.45) is 0 Å². The van der Waals surface area contributed by atoms with E-state index < -0.39 is 10.1 Å². The molecule has 3 nitrogen and oxygen atoms in total. The molecular weight excluding hydrogens is 488 g/mol. The molecule has 1 aromatic rings. The topological polar surface area (TPSA) is 43.4 Å². The van der Waals surface area contributed by atoms with Gasteiger partial charge in [0.2, 0.25) is 0 Å². The van der Waals surface area contributed by atoms with Gasteiger partial charge in [-0.05, 0) is 18.6 Å².